The summed E-state index contributed by atoms with van der Waals surface area (Å²) in [6.45, 7) is 3.02. The summed E-state index contributed by atoms with van der Waals surface area (Å²) in [5.74, 6) is 0.00870. The molecule has 174 valence electrons. The Kier molecular flexibility index (Phi) is 5.64. The number of pyridine rings is 1. The number of sulfonamides is 1. The van der Waals surface area contributed by atoms with Crippen molar-refractivity contribution in [3.05, 3.63) is 46.2 Å². The average molecular weight is 490 g/mol. The number of aromatic nitrogens is 3. The van der Waals surface area contributed by atoms with Gasteiger partial charge in [0.2, 0.25) is 10.0 Å². The number of halogens is 1. The number of nitrogens with one attached hydrogen (secondary N) is 1. The summed E-state index contributed by atoms with van der Waals surface area (Å²) in [7, 11) is -2.01. The van der Waals surface area contributed by atoms with Crippen LogP contribution in [0.3, 0.4) is 0 Å². The highest BCUT2D eigenvalue weighted by molar-refractivity contribution is 7.89. The maximum Gasteiger partial charge on any atom is 0.256 e. The van der Waals surface area contributed by atoms with Crippen LogP contribution in [0.1, 0.15) is 40.5 Å². The second-order valence-electron chi connectivity index (χ2n) is 8.39. The van der Waals surface area contributed by atoms with Crippen molar-refractivity contribution in [2.75, 3.05) is 31.6 Å². The van der Waals surface area contributed by atoms with Gasteiger partial charge in [-0.3, -0.25) is 9.48 Å². The van der Waals surface area contributed by atoms with Crippen LogP contribution in [-0.2, 0) is 21.8 Å². The van der Waals surface area contributed by atoms with Gasteiger partial charge in [0.25, 0.3) is 5.91 Å². The maximum atomic E-state index is 13.3. The fourth-order valence-corrected chi connectivity index (χ4v) is 6.04. The minimum absolute atomic E-state index is 0.0417. The molecule has 2 aliphatic rings. The van der Waals surface area contributed by atoms with E-state index >= 15 is 0 Å². The van der Waals surface area contributed by atoms with Crippen LogP contribution >= 0.6 is 11.6 Å². The molecule has 9 nitrogen and oxygen atoms in total. The third kappa shape index (κ3) is 4.12. The standard InChI is InChI=1S/C22H24ClN5O4S/c1-13-20-16(12-18(14-3-4-14)25-21(20)27(2)26-13)22(29)24-15-5-6-17(23)19(11-15)33(30,31)28-7-9-32-10-8-28/h5-6,11-12,14H,3-4,7-10H2,1-2H3,(H,24,29). The third-order valence-corrected chi connectivity index (χ3v) is 8.39. The quantitative estimate of drug-likeness (QED) is 0.590. The van der Waals surface area contributed by atoms with Gasteiger partial charge in [0, 0.05) is 37.4 Å². The van der Waals surface area contributed by atoms with Gasteiger partial charge < -0.3 is 10.1 Å². The van der Waals surface area contributed by atoms with Crippen molar-refractivity contribution in [1.82, 2.24) is 19.1 Å². The number of hydrogen-bond donors (Lipinski definition) is 1. The van der Waals surface area contributed by atoms with Crippen molar-refractivity contribution in [1.29, 1.82) is 0 Å². The minimum Gasteiger partial charge on any atom is -0.379 e. The van der Waals surface area contributed by atoms with Crippen LogP contribution in [0, 0.1) is 6.92 Å². The van der Waals surface area contributed by atoms with E-state index in [2.05, 4.69) is 10.4 Å². The van der Waals surface area contributed by atoms with Gasteiger partial charge in [0.15, 0.2) is 5.65 Å². The zero-order valence-corrected chi connectivity index (χ0v) is 19.9. The average Bonchev–Trinajstić information content (AvgIpc) is 3.61. The summed E-state index contributed by atoms with van der Waals surface area (Å²) in [6.07, 6.45) is 2.10. The predicted octanol–water partition coefficient (Wildman–Crippen LogP) is 3.08. The Labute approximate surface area is 196 Å². The lowest BCUT2D eigenvalue weighted by Crippen LogP contribution is -2.40. The van der Waals surface area contributed by atoms with Gasteiger partial charge in [0.1, 0.15) is 4.90 Å². The Morgan fingerprint density at radius 3 is 2.64 bits per heavy atom. The zero-order valence-electron chi connectivity index (χ0n) is 18.3. The van der Waals surface area contributed by atoms with Crippen LogP contribution in [0.5, 0.6) is 0 Å². The van der Waals surface area contributed by atoms with Gasteiger partial charge >= 0.3 is 0 Å². The highest BCUT2D eigenvalue weighted by Crippen LogP contribution is 2.40. The lowest BCUT2D eigenvalue weighted by atomic mass is 10.1. The largest absolute Gasteiger partial charge is 0.379 e. The number of aryl methyl sites for hydroxylation is 2. The second kappa shape index (κ2) is 8.35. The van der Waals surface area contributed by atoms with Crippen LogP contribution in [0.2, 0.25) is 5.02 Å². The molecule has 0 bridgehead atoms. The fourth-order valence-electron chi connectivity index (χ4n) is 4.13. The number of ether oxygens (including phenoxy) is 1. The molecule has 2 aromatic heterocycles. The van der Waals surface area contributed by atoms with E-state index < -0.39 is 10.0 Å². The number of carbonyl (C=O) groups excluding carboxylic acids is 1. The van der Waals surface area contributed by atoms with Crippen molar-refractivity contribution in [2.24, 2.45) is 7.05 Å². The van der Waals surface area contributed by atoms with Crippen molar-refractivity contribution >= 4 is 44.3 Å². The Morgan fingerprint density at radius 2 is 1.94 bits per heavy atom. The van der Waals surface area contributed by atoms with Crippen LogP contribution in [-0.4, -0.2) is 59.7 Å². The van der Waals surface area contributed by atoms with Crippen LogP contribution in [0.15, 0.2) is 29.2 Å². The molecule has 3 aromatic rings. The van der Waals surface area contributed by atoms with E-state index in [-0.39, 0.29) is 28.9 Å². The summed E-state index contributed by atoms with van der Waals surface area (Å²) in [6, 6.07) is 6.30. The molecule has 0 spiro atoms. The molecule has 1 N–H and O–H groups in total. The summed E-state index contributed by atoms with van der Waals surface area (Å²) >= 11 is 6.25. The van der Waals surface area contributed by atoms with Crippen LogP contribution < -0.4 is 5.32 Å². The lowest BCUT2D eigenvalue weighted by molar-refractivity contribution is 0.0730. The van der Waals surface area contributed by atoms with Gasteiger partial charge in [-0.25, -0.2) is 13.4 Å². The van der Waals surface area contributed by atoms with Crippen LogP contribution in [0.25, 0.3) is 11.0 Å². The first-order chi connectivity index (χ1) is 15.8. The van der Waals surface area contributed by atoms with Gasteiger partial charge in [-0.2, -0.15) is 9.40 Å². The smallest absolute Gasteiger partial charge is 0.256 e. The van der Waals surface area contributed by atoms with Gasteiger partial charge in [-0.05, 0) is 44.0 Å². The van der Waals surface area contributed by atoms with Crippen molar-refractivity contribution in [3.8, 4) is 0 Å². The first-order valence-electron chi connectivity index (χ1n) is 10.8. The molecule has 2 fully saturated rings. The highest BCUT2D eigenvalue weighted by Gasteiger charge is 2.30. The number of fused-ring (bicyclic) bond motifs is 1. The summed E-state index contributed by atoms with van der Waals surface area (Å²) < 4.78 is 34.5. The monoisotopic (exact) mass is 489 g/mol. The van der Waals surface area contributed by atoms with Gasteiger partial charge in [-0.15, -0.1) is 0 Å². The molecule has 3 heterocycles. The van der Waals surface area contributed by atoms with Crippen molar-refractivity contribution < 1.29 is 17.9 Å². The van der Waals surface area contributed by atoms with E-state index in [1.807, 2.05) is 20.0 Å². The number of carbonyl (C=O) groups is 1. The zero-order chi connectivity index (χ0) is 23.3. The molecule has 0 radical (unpaired) electrons. The summed E-state index contributed by atoms with van der Waals surface area (Å²) in [5.41, 5.74) is 3.06. The number of amides is 1. The normalized spacial score (nSPS) is 17.4. The second-order valence-corrected chi connectivity index (χ2v) is 10.7. The molecule has 1 saturated carbocycles. The van der Waals surface area contributed by atoms with E-state index in [1.54, 1.807) is 10.7 Å². The van der Waals surface area contributed by atoms with Crippen LogP contribution in [0.4, 0.5) is 5.69 Å². The van der Waals surface area contributed by atoms with E-state index in [1.165, 1.54) is 16.4 Å². The Morgan fingerprint density at radius 1 is 1.21 bits per heavy atom. The minimum atomic E-state index is -3.82. The Balaban J connectivity index is 1.50. The molecule has 1 aliphatic heterocycles. The van der Waals surface area contributed by atoms with E-state index in [9.17, 15) is 13.2 Å². The molecule has 1 saturated heterocycles. The van der Waals surface area contributed by atoms with E-state index in [4.69, 9.17) is 21.3 Å². The number of benzene rings is 1. The number of hydrogen-bond acceptors (Lipinski definition) is 6. The fraction of sp³-hybridized carbons (Fsp3) is 0.409. The van der Waals surface area contributed by atoms with Gasteiger partial charge in [0.05, 0.1) is 34.9 Å². The number of morpholine rings is 1. The summed E-state index contributed by atoms with van der Waals surface area (Å²) in [5, 5.41) is 8.07. The van der Waals surface area contributed by atoms with Crippen molar-refractivity contribution in [3.63, 3.8) is 0 Å². The predicted molar refractivity (Wildman–Crippen MR) is 124 cm³/mol. The first-order valence-corrected chi connectivity index (χ1v) is 12.6. The third-order valence-electron chi connectivity index (χ3n) is 6.01. The molecule has 0 unspecified atom stereocenters. The number of anilines is 1. The van der Waals surface area contributed by atoms with E-state index in [0.29, 0.717) is 47.1 Å². The highest BCUT2D eigenvalue weighted by atomic mass is 35.5. The molecular formula is C22H24ClN5O4S. The molecule has 1 aromatic carbocycles. The SMILES string of the molecule is Cc1nn(C)c2nc(C3CC3)cc(C(=O)Nc3ccc(Cl)c(S(=O)(=O)N4CCOCC4)c3)c12. The Hall–Kier alpha value is -2.53. The topological polar surface area (TPSA) is 106 Å². The molecule has 11 heteroatoms. The first kappa shape index (κ1) is 22.3. The number of nitrogens with zero attached hydrogens (tertiary/aromatic N) is 4. The molecule has 1 amide bonds. The Bertz CT molecular complexity index is 1360. The van der Waals surface area contributed by atoms with E-state index in [0.717, 1.165) is 18.5 Å². The molecule has 0 atom stereocenters. The van der Waals surface area contributed by atoms with Gasteiger partial charge in [-0.1, -0.05) is 11.6 Å². The molecule has 1 aliphatic carbocycles. The maximum absolute atomic E-state index is 13.3. The number of rotatable bonds is 5. The molecule has 33 heavy (non-hydrogen) atoms. The lowest BCUT2D eigenvalue weighted by Gasteiger charge is -2.26. The molecular weight excluding hydrogens is 466 g/mol. The summed E-state index contributed by atoms with van der Waals surface area (Å²) in [4.78, 5) is 18.0. The van der Waals surface area contributed by atoms with Crippen molar-refractivity contribution in [2.45, 2.75) is 30.6 Å². The molecule has 5 rings (SSSR count).